The Morgan fingerprint density at radius 2 is 1.75 bits per heavy atom. The van der Waals surface area contributed by atoms with Crippen molar-refractivity contribution in [1.29, 1.82) is 0 Å². The molecule has 0 unspecified atom stereocenters. The van der Waals surface area contributed by atoms with Gasteiger partial charge in [0.15, 0.2) is 11.6 Å². The highest BCUT2D eigenvalue weighted by Gasteiger charge is 2.33. The van der Waals surface area contributed by atoms with Gasteiger partial charge in [0.25, 0.3) is 0 Å². The van der Waals surface area contributed by atoms with Crippen LogP contribution in [0.4, 0.5) is 14.5 Å². The quantitative estimate of drug-likeness (QED) is 0.837. The summed E-state index contributed by atoms with van der Waals surface area (Å²) in [7, 11) is 0. The fourth-order valence-corrected chi connectivity index (χ4v) is 2.19. The van der Waals surface area contributed by atoms with Crippen LogP contribution in [-0.4, -0.2) is 17.0 Å². The summed E-state index contributed by atoms with van der Waals surface area (Å²) in [6.45, 7) is 0. The van der Waals surface area contributed by atoms with Crippen LogP contribution in [0.3, 0.4) is 0 Å². The molecule has 20 heavy (non-hydrogen) atoms. The number of carbonyl (C=O) groups is 2. The van der Waals surface area contributed by atoms with E-state index < -0.39 is 35.3 Å². The van der Waals surface area contributed by atoms with Gasteiger partial charge in [-0.15, -0.1) is 0 Å². The van der Waals surface area contributed by atoms with E-state index in [2.05, 4.69) is 5.32 Å². The zero-order valence-corrected chi connectivity index (χ0v) is 10.5. The molecule has 0 spiro atoms. The van der Waals surface area contributed by atoms with Gasteiger partial charge < -0.3 is 10.4 Å². The molecule has 1 aromatic rings. The molecule has 0 radical (unpaired) electrons. The Bertz CT molecular complexity index is 572. The summed E-state index contributed by atoms with van der Waals surface area (Å²) in [5.74, 6) is -5.14. The molecule has 2 rings (SSSR count). The van der Waals surface area contributed by atoms with E-state index in [0.717, 1.165) is 12.1 Å². The van der Waals surface area contributed by atoms with Crippen LogP contribution in [0.2, 0.25) is 0 Å². The lowest BCUT2D eigenvalue weighted by Crippen LogP contribution is -2.34. The van der Waals surface area contributed by atoms with E-state index in [-0.39, 0.29) is 12.1 Å². The number of carboxylic acid groups (broad SMARTS) is 1. The van der Waals surface area contributed by atoms with Crippen molar-refractivity contribution in [3.8, 4) is 0 Å². The Kier molecular flexibility index (Phi) is 4.12. The second kappa shape index (κ2) is 5.81. The number of rotatable bonds is 3. The van der Waals surface area contributed by atoms with Crippen LogP contribution in [0.15, 0.2) is 30.4 Å². The van der Waals surface area contributed by atoms with Crippen molar-refractivity contribution in [3.63, 3.8) is 0 Å². The molecule has 106 valence electrons. The van der Waals surface area contributed by atoms with Gasteiger partial charge in [0, 0.05) is 11.8 Å². The largest absolute Gasteiger partial charge is 0.481 e. The molecule has 2 N–H and O–H groups in total. The van der Waals surface area contributed by atoms with Crippen molar-refractivity contribution >= 4 is 17.6 Å². The summed E-state index contributed by atoms with van der Waals surface area (Å²) in [6.07, 6.45) is 4.06. The lowest BCUT2D eigenvalue weighted by Gasteiger charge is -2.24. The second-order valence-electron chi connectivity index (χ2n) is 4.61. The van der Waals surface area contributed by atoms with E-state index in [1.54, 1.807) is 12.2 Å². The molecule has 1 aliphatic carbocycles. The third-order valence-corrected chi connectivity index (χ3v) is 3.27. The highest BCUT2D eigenvalue weighted by Crippen LogP contribution is 2.27. The van der Waals surface area contributed by atoms with Crippen LogP contribution in [0.25, 0.3) is 0 Å². The van der Waals surface area contributed by atoms with Gasteiger partial charge in [-0.1, -0.05) is 12.2 Å². The summed E-state index contributed by atoms with van der Waals surface area (Å²) >= 11 is 0. The molecule has 0 saturated carbocycles. The summed E-state index contributed by atoms with van der Waals surface area (Å²) in [5.41, 5.74) is 0.104. The molecule has 1 aliphatic rings. The molecule has 0 bridgehead atoms. The van der Waals surface area contributed by atoms with E-state index >= 15 is 0 Å². The maximum atomic E-state index is 13.0. The van der Waals surface area contributed by atoms with Gasteiger partial charge in [0.1, 0.15) is 0 Å². The SMILES string of the molecule is O=C(O)[C@H]1CC=CC[C@H]1C(=O)Nc1ccc(F)c(F)c1. The topological polar surface area (TPSA) is 66.4 Å². The molecule has 0 aromatic heterocycles. The fraction of sp³-hybridized carbons (Fsp3) is 0.286. The first-order valence-corrected chi connectivity index (χ1v) is 6.12. The van der Waals surface area contributed by atoms with Crippen LogP contribution in [0.1, 0.15) is 12.8 Å². The monoisotopic (exact) mass is 281 g/mol. The minimum atomic E-state index is -1.07. The Balaban J connectivity index is 2.12. The van der Waals surface area contributed by atoms with Crippen LogP contribution >= 0.6 is 0 Å². The first-order valence-electron chi connectivity index (χ1n) is 6.12. The number of halogens is 2. The molecule has 0 aliphatic heterocycles. The minimum absolute atomic E-state index is 0.104. The van der Waals surface area contributed by atoms with Crippen LogP contribution in [-0.2, 0) is 9.59 Å². The van der Waals surface area contributed by atoms with E-state index in [1.165, 1.54) is 6.07 Å². The Morgan fingerprint density at radius 1 is 1.10 bits per heavy atom. The van der Waals surface area contributed by atoms with Gasteiger partial charge in [-0.3, -0.25) is 9.59 Å². The average Bonchev–Trinajstić information content (AvgIpc) is 2.43. The van der Waals surface area contributed by atoms with Gasteiger partial charge in [-0.25, -0.2) is 8.78 Å². The molecule has 0 heterocycles. The maximum absolute atomic E-state index is 13.0. The number of benzene rings is 1. The van der Waals surface area contributed by atoms with E-state index in [9.17, 15) is 18.4 Å². The lowest BCUT2D eigenvalue weighted by atomic mass is 9.82. The summed E-state index contributed by atoms with van der Waals surface area (Å²) in [6, 6.07) is 2.99. The van der Waals surface area contributed by atoms with Gasteiger partial charge in [0.05, 0.1) is 11.8 Å². The van der Waals surface area contributed by atoms with Crippen molar-refractivity contribution < 1.29 is 23.5 Å². The summed E-state index contributed by atoms with van der Waals surface area (Å²) in [4.78, 5) is 23.2. The molecular weight excluding hydrogens is 268 g/mol. The predicted molar refractivity (Wildman–Crippen MR) is 68.0 cm³/mol. The minimum Gasteiger partial charge on any atom is -0.481 e. The first kappa shape index (κ1) is 14.2. The maximum Gasteiger partial charge on any atom is 0.307 e. The standard InChI is InChI=1S/C14H13F2NO3/c15-11-6-5-8(7-12(11)16)17-13(18)9-3-1-2-4-10(9)14(19)20/h1-2,5-7,9-10H,3-4H2,(H,17,18)(H,19,20)/t9-,10+/m1/s1. The summed E-state index contributed by atoms with van der Waals surface area (Å²) in [5, 5.41) is 11.5. The number of allylic oxidation sites excluding steroid dienone is 2. The summed E-state index contributed by atoms with van der Waals surface area (Å²) < 4.78 is 25.8. The number of aliphatic carboxylic acids is 1. The molecular formula is C14H13F2NO3. The number of carbonyl (C=O) groups excluding carboxylic acids is 1. The van der Waals surface area contributed by atoms with Crippen molar-refractivity contribution in [2.75, 3.05) is 5.32 Å². The number of nitrogens with one attached hydrogen (secondary N) is 1. The van der Waals surface area contributed by atoms with Crippen molar-refractivity contribution in [1.82, 2.24) is 0 Å². The molecule has 0 fully saturated rings. The highest BCUT2D eigenvalue weighted by atomic mass is 19.2. The third-order valence-electron chi connectivity index (χ3n) is 3.27. The molecule has 2 atom stereocenters. The van der Waals surface area contributed by atoms with Gasteiger partial charge in [-0.05, 0) is 25.0 Å². The van der Waals surface area contributed by atoms with Crippen LogP contribution < -0.4 is 5.32 Å². The zero-order chi connectivity index (χ0) is 14.7. The average molecular weight is 281 g/mol. The van der Waals surface area contributed by atoms with Gasteiger partial charge in [0.2, 0.25) is 5.91 Å². The molecule has 0 saturated heterocycles. The lowest BCUT2D eigenvalue weighted by molar-refractivity contribution is -0.146. The number of hydrogen-bond donors (Lipinski definition) is 2. The Morgan fingerprint density at radius 3 is 2.35 bits per heavy atom. The van der Waals surface area contributed by atoms with E-state index in [4.69, 9.17) is 5.11 Å². The smallest absolute Gasteiger partial charge is 0.307 e. The number of hydrogen-bond acceptors (Lipinski definition) is 2. The molecule has 1 amide bonds. The van der Waals surface area contributed by atoms with Crippen molar-refractivity contribution in [2.24, 2.45) is 11.8 Å². The third kappa shape index (κ3) is 3.01. The highest BCUT2D eigenvalue weighted by molar-refractivity contribution is 5.95. The normalized spacial score (nSPS) is 21.5. The predicted octanol–water partition coefficient (Wildman–Crippen LogP) is 2.57. The second-order valence-corrected chi connectivity index (χ2v) is 4.61. The van der Waals surface area contributed by atoms with Crippen LogP contribution in [0.5, 0.6) is 0 Å². The van der Waals surface area contributed by atoms with Crippen molar-refractivity contribution in [3.05, 3.63) is 42.0 Å². The van der Waals surface area contributed by atoms with Gasteiger partial charge >= 0.3 is 5.97 Å². The Hall–Kier alpha value is -2.24. The van der Waals surface area contributed by atoms with Gasteiger partial charge in [-0.2, -0.15) is 0 Å². The van der Waals surface area contributed by atoms with Crippen molar-refractivity contribution in [2.45, 2.75) is 12.8 Å². The number of amides is 1. The number of carboxylic acids is 1. The first-order chi connectivity index (χ1) is 9.49. The van der Waals surface area contributed by atoms with E-state index in [1.807, 2.05) is 0 Å². The molecule has 4 nitrogen and oxygen atoms in total. The van der Waals surface area contributed by atoms with E-state index in [0.29, 0.717) is 6.42 Å². The Labute approximate surface area is 114 Å². The number of anilines is 1. The zero-order valence-electron chi connectivity index (χ0n) is 10.5. The molecule has 1 aromatic carbocycles. The van der Waals surface area contributed by atoms with Crippen LogP contribution in [0, 0.1) is 23.5 Å². The molecule has 6 heteroatoms. The fourth-order valence-electron chi connectivity index (χ4n) is 2.19.